The van der Waals surface area contributed by atoms with Gasteiger partial charge in [-0.25, -0.2) is 0 Å². The summed E-state index contributed by atoms with van der Waals surface area (Å²) < 4.78 is 0. The first-order valence-corrected chi connectivity index (χ1v) is 10.0. The normalized spacial score (nSPS) is 14.2. The number of carbonyl (C=O) groups excluding carboxylic acids is 3. The topological polar surface area (TPSA) is 252 Å². The molecule has 0 rings (SSSR count). The number of amides is 3. The number of aliphatic carboxylic acids is 2. The summed E-state index contributed by atoms with van der Waals surface area (Å²) in [7, 11) is 0. The van der Waals surface area contributed by atoms with Crippen molar-refractivity contribution in [1.29, 1.82) is 0 Å². The third-order valence-corrected chi connectivity index (χ3v) is 4.56. The Hall–Kier alpha value is -3.42. The summed E-state index contributed by atoms with van der Waals surface area (Å²) in [5.74, 6) is -5.48. The smallest absolute Gasteiger partial charge is 0.322 e. The molecule has 14 nitrogen and oxygen atoms in total. The predicted molar refractivity (Wildman–Crippen MR) is 114 cm³/mol. The largest absolute Gasteiger partial charge is 0.481 e. The summed E-state index contributed by atoms with van der Waals surface area (Å²) in [6, 6.07) is -3.60. The fraction of sp³-hybridized carbons (Fsp3) is 0.667. The number of aliphatic imine (C=N–C) groups is 1. The Bertz CT molecular complexity index is 710. The van der Waals surface area contributed by atoms with Gasteiger partial charge in [0.05, 0.1) is 12.5 Å². The molecule has 0 heterocycles. The third kappa shape index (κ3) is 11.7. The quantitative estimate of drug-likeness (QED) is 0.0702. The van der Waals surface area contributed by atoms with Crippen LogP contribution >= 0.6 is 0 Å². The summed E-state index contributed by atoms with van der Waals surface area (Å²) in [6.07, 6.45) is 0.181. The van der Waals surface area contributed by atoms with Crippen molar-refractivity contribution in [2.45, 2.75) is 57.7 Å². The first-order valence-electron chi connectivity index (χ1n) is 10.0. The molecule has 0 radical (unpaired) electrons. The minimum Gasteiger partial charge on any atom is -0.481 e. The van der Waals surface area contributed by atoms with Crippen molar-refractivity contribution in [1.82, 2.24) is 16.0 Å². The van der Waals surface area contributed by atoms with E-state index in [0.29, 0.717) is 6.42 Å². The van der Waals surface area contributed by atoms with Gasteiger partial charge in [-0.1, -0.05) is 20.3 Å². The van der Waals surface area contributed by atoms with Crippen LogP contribution in [0.3, 0.4) is 0 Å². The van der Waals surface area contributed by atoms with Gasteiger partial charge in [-0.2, -0.15) is 0 Å². The molecule has 11 N–H and O–H groups in total. The number of nitrogens with one attached hydrogen (secondary N) is 3. The second-order valence-electron chi connectivity index (χ2n) is 7.19. The van der Waals surface area contributed by atoms with E-state index in [1.165, 1.54) is 0 Å². The molecule has 0 bridgehead atoms. The SMILES string of the molecule is CCC(C)C(N)C(=O)NC(CCCN=C(N)N)C(=O)NC(CC(=O)O)C(=O)NCC(=O)O. The van der Waals surface area contributed by atoms with Gasteiger partial charge in [0.25, 0.3) is 0 Å². The molecular weight excluding hydrogens is 426 g/mol. The van der Waals surface area contributed by atoms with Crippen LogP contribution < -0.4 is 33.2 Å². The number of nitrogens with two attached hydrogens (primary N) is 3. The number of hydrogen-bond donors (Lipinski definition) is 8. The van der Waals surface area contributed by atoms with Gasteiger partial charge < -0.3 is 43.4 Å². The van der Waals surface area contributed by atoms with E-state index in [9.17, 15) is 24.0 Å². The van der Waals surface area contributed by atoms with Crippen LogP contribution in [-0.4, -0.2) is 77.0 Å². The van der Waals surface area contributed by atoms with Crippen LogP contribution in [0, 0.1) is 5.92 Å². The second-order valence-corrected chi connectivity index (χ2v) is 7.19. The van der Waals surface area contributed by atoms with E-state index in [1.54, 1.807) is 6.92 Å². The minimum atomic E-state index is -1.56. The molecule has 0 aliphatic heterocycles. The Morgan fingerprint density at radius 2 is 1.53 bits per heavy atom. The molecular formula is C18H33N7O7. The van der Waals surface area contributed by atoms with E-state index in [1.807, 2.05) is 12.2 Å². The van der Waals surface area contributed by atoms with Gasteiger partial charge in [-0.3, -0.25) is 29.0 Å². The first kappa shape index (κ1) is 28.6. The summed E-state index contributed by atoms with van der Waals surface area (Å²) in [4.78, 5) is 62.8. The van der Waals surface area contributed by atoms with Crippen molar-refractivity contribution in [3.63, 3.8) is 0 Å². The highest BCUT2D eigenvalue weighted by atomic mass is 16.4. The van der Waals surface area contributed by atoms with E-state index in [4.69, 9.17) is 27.4 Å². The maximum atomic E-state index is 12.8. The van der Waals surface area contributed by atoms with E-state index in [2.05, 4.69) is 15.6 Å². The molecule has 4 unspecified atom stereocenters. The summed E-state index contributed by atoms with van der Waals surface area (Å²) in [5, 5.41) is 24.4. The molecule has 0 aromatic carbocycles. The van der Waals surface area contributed by atoms with Crippen molar-refractivity contribution in [2.24, 2.45) is 28.1 Å². The van der Waals surface area contributed by atoms with Crippen LogP contribution in [0.25, 0.3) is 0 Å². The Morgan fingerprint density at radius 3 is 2.03 bits per heavy atom. The fourth-order valence-corrected chi connectivity index (χ4v) is 2.49. The maximum Gasteiger partial charge on any atom is 0.322 e. The van der Waals surface area contributed by atoms with Gasteiger partial charge in [0, 0.05) is 6.54 Å². The van der Waals surface area contributed by atoms with Crippen LogP contribution in [0.1, 0.15) is 39.5 Å². The highest BCUT2D eigenvalue weighted by Crippen LogP contribution is 2.07. The minimum absolute atomic E-state index is 0.0676. The van der Waals surface area contributed by atoms with Gasteiger partial charge in [0.1, 0.15) is 18.6 Å². The fourth-order valence-electron chi connectivity index (χ4n) is 2.49. The number of guanidine groups is 1. The molecule has 182 valence electrons. The van der Waals surface area contributed by atoms with E-state index in [-0.39, 0.29) is 31.3 Å². The lowest BCUT2D eigenvalue weighted by molar-refractivity contribution is -0.141. The second kappa shape index (κ2) is 14.6. The highest BCUT2D eigenvalue weighted by molar-refractivity contribution is 5.95. The van der Waals surface area contributed by atoms with Gasteiger partial charge in [-0.15, -0.1) is 0 Å². The molecule has 4 atom stereocenters. The zero-order chi connectivity index (χ0) is 24.8. The van der Waals surface area contributed by atoms with Crippen LogP contribution in [0.5, 0.6) is 0 Å². The van der Waals surface area contributed by atoms with E-state index in [0.717, 1.165) is 0 Å². The van der Waals surface area contributed by atoms with Crippen LogP contribution in [0.2, 0.25) is 0 Å². The molecule has 0 aromatic heterocycles. The first-order chi connectivity index (χ1) is 14.9. The Kier molecular flexibility index (Phi) is 13.0. The molecule has 0 saturated carbocycles. The average molecular weight is 460 g/mol. The number of carboxylic acids is 2. The number of nitrogens with zero attached hydrogens (tertiary/aromatic N) is 1. The molecule has 14 heteroatoms. The molecule has 32 heavy (non-hydrogen) atoms. The monoisotopic (exact) mass is 459 g/mol. The molecule has 0 fully saturated rings. The Morgan fingerprint density at radius 1 is 0.938 bits per heavy atom. The molecule has 0 aliphatic rings. The summed E-state index contributed by atoms with van der Waals surface area (Å²) >= 11 is 0. The van der Waals surface area contributed by atoms with E-state index >= 15 is 0 Å². The van der Waals surface area contributed by atoms with Crippen LogP contribution in [0.4, 0.5) is 0 Å². The number of hydrogen-bond acceptors (Lipinski definition) is 7. The van der Waals surface area contributed by atoms with Gasteiger partial charge in [-0.05, 0) is 18.8 Å². The van der Waals surface area contributed by atoms with Crippen molar-refractivity contribution in [3.8, 4) is 0 Å². The molecule has 0 aromatic rings. The van der Waals surface area contributed by atoms with Crippen molar-refractivity contribution in [3.05, 3.63) is 0 Å². The lowest BCUT2D eigenvalue weighted by Crippen LogP contribution is -2.57. The lowest BCUT2D eigenvalue weighted by atomic mass is 9.98. The number of rotatable bonds is 15. The van der Waals surface area contributed by atoms with Gasteiger partial charge >= 0.3 is 11.9 Å². The summed E-state index contributed by atoms with van der Waals surface area (Å²) in [6.45, 7) is 3.03. The average Bonchev–Trinajstić information content (AvgIpc) is 2.71. The Labute approximate surface area is 185 Å². The number of carbonyl (C=O) groups is 5. The van der Waals surface area contributed by atoms with E-state index < -0.39 is 60.8 Å². The van der Waals surface area contributed by atoms with Gasteiger partial charge in [0.2, 0.25) is 17.7 Å². The number of carboxylic acid groups (broad SMARTS) is 2. The van der Waals surface area contributed by atoms with Gasteiger partial charge in [0.15, 0.2) is 5.96 Å². The zero-order valence-corrected chi connectivity index (χ0v) is 18.2. The molecule has 0 spiro atoms. The lowest BCUT2D eigenvalue weighted by Gasteiger charge is -2.25. The highest BCUT2D eigenvalue weighted by Gasteiger charge is 2.30. The molecule has 0 aliphatic carbocycles. The van der Waals surface area contributed by atoms with Crippen molar-refractivity contribution < 1.29 is 34.2 Å². The predicted octanol–water partition coefficient (Wildman–Crippen LogP) is -2.94. The zero-order valence-electron chi connectivity index (χ0n) is 18.2. The standard InChI is InChI=1S/C18H33N7O7/c1-3-9(2)14(19)17(32)24-10(5-4-6-22-18(20)21)16(31)25-11(7-12(26)27)15(30)23-8-13(28)29/h9-11,14H,3-8,19H2,1-2H3,(H,23,30)(H,24,32)(H,25,31)(H,26,27)(H,28,29)(H4,20,21,22). The van der Waals surface area contributed by atoms with Crippen LogP contribution in [0.15, 0.2) is 4.99 Å². The van der Waals surface area contributed by atoms with Crippen molar-refractivity contribution in [2.75, 3.05) is 13.1 Å². The van der Waals surface area contributed by atoms with Crippen LogP contribution in [-0.2, 0) is 24.0 Å². The maximum absolute atomic E-state index is 12.8. The van der Waals surface area contributed by atoms with Crippen molar-refractivity contribution >= 4 is 35.6 Å². The molecule has 0 saturated heterocycles. The Balaban J connectivity index is 5.42. The summed E-state index contributed by atoms with van der Waals surface area (Å²) in [5.41, 5.74) is 16.4. The third-order valence-electron chi connectivity index (χ3n) is 4.56. The molecule has 3 amide bonds.